The summed E-state index contributed by atoms with van der Waals surface area (Å²) in [5, 5.41) is 3.54. The molecule has 2 heterocycles. The summed E-state index contributed by atoms with van der Waals surface area (Å²) < 4.78 is 5.54. The summed E-state index contributed by atoms with van der Waals surface area (Å²) in [5.41, 5.74) is 1.41. The van der Waals surface area contributed by atoms with Crippen molar-refractivity contribution in [2.75, 3.05) is 6.54 Å². The van der Waals surface area contributed by atoms with E-state index in [9.17, 15) is 0 Å². The monoisotopic (exact) mass is 249 g/mol. The van der Waals surface area contributed by atoms with Crippen LogP contribution in [0.5, 0.6) is 0 Å². The van der Waals surface area contributed by atoms with E-state index in [1.807, 2.05) is 6.07 Å². The molecule has 1 aliphatic heterocycles. The van der Waals surface area contributed by atoms with E-state index in [0.29, 0.717) is 12.0 Å². The second-order valence-electron chi connectivity index (χ2n) is 6.24. The predicted molar refractivity (Wildman–Crippen MR) is 74.9 cm³/mol. The van der Waals surface area contributed by atoms with Crippen molar-refractivity contribution in [3.05, 3.63) is 36.3 Å². The fourth-order valence-corrected chi connectivity index (χ4v) is 4.35. The van der Waals surface area contributed by atoms with Crippen LogP contribution in [0, 0.1) is 5.92 Å². The van der Waals surface area contributed by atoms with Gasteiger partial charge >= 0.3 is 0 Å². The number of hydrogen-bond donors (Lipinski definition) is 1. The Morgan fingerprint density at radius 3 is 2.88 bits per heavy atom. The summed E-state index contributed by atoms with van der Waals surface area (Å²) in [7, 11) is -1.06. The van der Waals surface area contributed by atoms with E-state index in [1.165, 1.54) is 18.0 Å². The van der Waals surface area contributed by atoms with Crippen LogP contribution in [0.15, 0.2) is 35.0 Å². The lowest BCUT2D eigenvalue weighted by molar-refractivity contribution is 0.404. The lowest BCUT2D eigenvalue weighted by Gasteiger charge is -2.25. The smallest absolute Gasteiger partial charge is 0.121 e. The normalized spacial score (nSPS) is 25.1. The van der Waals surface area contributed by atoms with Crippen LogP contribution in [0.1, 0.15) is 18.2 Å². The Balaban J connectivity index is 2.07. The molecule has 3 heteroatoms. The summed E-state index contributed by atoms with van der Waals surface area (Å²) in [5.74, 6) is 1.61. The molecule has 0 aliphatic carbocycles. The van der Waals surface area contributed by atoms with Gasteiger partial charge in [0.1, 0.15) is 5.76 Å². The van der Waals surface area contributed by atoms with Gasteiger partial charge in [0.2, 0.25) is 0 Å². The highest BCUT2D eigenvalue weighted by molar-refractivity contribution is 6.76. The Kier molecular flexibility index (Phi) is 3.59. The van der Waals surface area contributed by atoms with Crippen LogP contribution in [-0.2, 0) is 0 Å². The Hall–Kier alpha value is -0.803. The molecular weight excluding hydrogens is 226 g/mol. The Morgan fingerprint density at radius 2 is 2.29 bits per heavy atom. The van der Waals surface area contributed by atoms with Gasteiger partial charge in [-0.05, 0) is 31.1 Å². The molecule has 1 saturated heterocycles. The van der Waals surface area contributed by atoms with E-state index >= 15 is 0 Å². The molecule has 2 rings (SSSR count). The van der Waals surface area contributed by atoms with Crippen molar-refractivity contribution < 1.29 is 4.42 Å². The van der Waals surface area contributed by atoms with Gasteiger partial charge in [-0.3, -0.25) is 0 Å². The van der Waals surface area contributed by atoms with Crippen LogP contribution in [0.25, 0.3) is 0 Å². The molecule has 0 aromatic carbocycles. The first-order valence-electron chi connectivity index (χ1n) is 6.42. The predicted octanol–water partition coefficient (Wildman–Crippen LogP) is 3.82. The molecule has 1 fully saturated rings. The third-order valence-electron chi connectivity index (χ3n) is 3.35. The zero-order valence-corrected chi connectivity index (χ0v) is 12.1. The first kappa shape index (κ1) is 12.6. The molecule has 2 atom stereocenters. The standard InChI is InChI=1S/C14H23NOSi/c1-11(10-17(2,3)4)12-7-8-15-14(12)13-6-5-9-16-13/h5-6,9,12,14-15H,1,7-8,10H2,2-4H3/t12-,14+/m1/s1. The number of hydrogen-bond acceptors (Lipinski definition) is 2. The summed E-state index contributed by atoms with van der Waals surface area (Å²) >= 11 is 0. The average Bonchev–Trinajstić information content (AvgIpc) is 2.85. The minimum atomic E-state index is -1.06. The lowest BCUT2D eigenvalue weighted by Crippen LogP contribution is -2.24. The summed E-state index contributed by atoms with van der Waals surface area (Å²) in [6.07, 6.45) is 2.95. The quantitative estimate of drug-likeness (QED) is 0.648. The third-order valence-corrected chi connectivity index (χ3v) is 4.87. The van der Waals surface area contributed by atoms with E-state index in [2.05, 4.69) is 37.6 Å². The minimum Gasteiger partial charge on any atom is -0.468 e. The highest BCUT2D eigenvalue weighted by Crippen LogP contribution is 2.37. The second kappa shape index (κ2) is 4.82. The first-order chi connectivity index (χ1) is 7.97. The van der Waals surface area contributed by atoms with Crippen molar-refractivity contribution in [2.45, 2.75) is 38.1 Å². The summed E-state index contributed by atoms with van der Waals surface area (Å²) in [4.78, 5) is 0. The maximum absolute atomic E-state index is 5.54. The first-order valence-corrected chi connectivity index (χ1v) is 10.1. The van der Waals surface area contributed by atoms with Crippen molar-refractivity contribution in [1.29, 1.82) is 0 Å². The SMILES string of the molecule is C=C(C[Si](C)(C)C)[C@H]1CCN[C@@H]1c1ccco1. The Labute approximate surface area is 105 Å². The molecule has 17 heavy (non-hydrogen) atoms. The fourth-order valence-electron chi connectivity index (χ4n) is 2.72. The zero-order chi connectivity index (χ0) is 12.5. The number of rotatable bonds is 4. The zero-order valence-electron chi connectivity index (χ0n) is 11.1. The van der Waals surface area contributed by atoms with Crippen LogP contribution in [0.3, 0.4) is 0 Å². The van der Waals surface area contributed by atoms with Crippen molar-refractivity contribution >= 4 is 8.07 Å². The third kappa shape index (κ3) is 3.10. The van der Waals surface area contributed by atoms with Gasteiger partial charge in [-0.2, -0.15) is 0 Å². The molecule has 1 aliphatic rings. The van der Waals surface area contributed by atoms with Crippen molar-refractivity contribution in [3.63, 3.8) is 0 Å². The molecule has 0 spiro atoms. The van der Waals surface area contributed by atoms with E-state index in [0.717, 1.165) is 12.3 Å². The van der Waals surface area contributed by atoms with Crippen molar-refractivity contribution in [3.8, 4) is 0 Å². The summed E-state index contributed by atoms with van der Waals surface area (Å²) in [6.45, 7) is 12.6. The molecule has 1 aromatic heterocycles. The minimum absolute atomic E-state index is 0.342. The fraction of sp³-hybridized carbons (Fsp3) is 0.571. The van der Waals surface area contributed by atoms with Crippen LogP contribution in [0.4, 0.5) is 0 Å². The van der Waals surface area contributed by atoms with E-state index in [4.69, 9.17) is 4.42 Å². The van der Waals surface area contributed by atoms with Crippen LogP contribution in [0.2, 0.25) is 25.7 Å². The average molecular weight is 249 g/mol. The molecule has 0 unspecified atom stereocenters. The van der Waals surface area contributed by atoms with Crippen LogP contribution < -0.4 is 5.32 Å². The molecule has 0 amide bonds. The van der Waals surface area contributed by atoms with Crippen LogP contribution >= 0.6 is 0 Å². The molecular formula is C14H23NOSi. The second-order valence-corrected chi connectivity index (χ2v) is 11.7. The van der Waals surface area contributed by atoms with Gasteiger partial charge in [0.15, 0.2) is 0 Å². The molecule has 1 N–H and O–H groups in total. The number of furan rings is 1. The molecule has 0 bridgehead atoms. The van der Waals surface area contributed by atoms with Gasteiger partial charge in [0, 0.05) is 14.0 Å². The molecule has 1 aromatic rings. The molecule has 0 saturated carbocycles. The van der Waals surface area contributed by atoms with Crippen molar-refractivity contribution in [2.24, 2.45) is 5.92 Å². The van der Waals surface area contributed by atoms with E-state index in [1.54, 1.807) is 6.26 Å². The van der Waals surface area contributed by atoms with Gasteiger partial charge in [-0.1, -0.05) is 31.8 Å². The van der Waals surface area contributed by atoms with E-state index in [-0.39, 0.29) is 0 Å². The van der Waals surface area contributed by atoms with Gasteiger partial charge in [0.25, 0.3) is 0 Å². The maximum Gasteiger partial charge on any atom is 0.121 e. The molecule has 0 radical (unpaired) electrons. The van der Waals surface area contributed by atoms with Crippen molar-refractivity contribution in [1.82, 2.24) is 5.32 Å². The molecule has 94 valence electrons. The Bertz CT molecular complexity index is 377. The van der Waals surface area contributed by atoms with Gasteiger partial charge in [0.05, 0.1) is 12.3 Å². The molecule has 2 nitrogen and oxygen atoms in total. The maximum atomic E-state index is 5.54. The van der Waals surface area contributed by atoms with Crippen LogP contribution in [-0.4, -0.2) is 14.6 Å². The highest BCUT2D eigenvalue weighted by atomic mass is 28.3. The Morgan fingerprint density at radius 1 is 1.53 bits per heavy atom. The van der Waals surface area contributed by atoms with Gasteiger partial charge in [-0.25, -0.2) is 0 Å². The topological polar surface area (TPSA) is 25.2 Å². The van der Waals surface area contributed by atoms with E-state index < -0.39 is 8.07 Å². The highest BCUT2D eigenvalue weighted by Gasteiger charge is 2.33. The van der Waals surface area contributed by atoms with Gasteiger partial charge in [-0.15, -0.1) is 0 Å². The number of nitrogens with one attached hydrogen (secondary N) is 1. The van der Waals surface area contributed by atoms with Gasteiger partial charge < -0.3 is 9.73 Å². The lowest BCUT2D eigenvalue weighted by atomic mass is 9.92. The summed E-state index contributed by atoms with van der Waals surface area (Å²) in [6, 6.07) is 5.59. The largest absolute Gasteiger partial charge is 0.468 e.